The standard InChI is InChI=1S/C37H39F3N4O3S/c1-48(46,47)29-13-14-32-30(23-29)33(35(45)42-36(17-18-36)26-7-3-2-4-8-26)31(24-43-21-15-28(16-22-43)44-19-5-6-20-44)34(41-32)25-9-11-27(12-10-25)37(38,39)40/h2-4,7-14,23,28H,5-6,15-22,24H2,1H3,(H,42,45). The van der Waals surface area contributed by atoms with Crippen LogP contribution in [-0.4, -0.2) is 67.6 Å². The van der Waals surface area contributed by atoms with Gasteiger partial charge in [-0.2, -0.15) is 13.2 Å². The molecular formula is C37H39F3N4O3S. The average molecular weight is 677 g/mol. The molecule has 0 unspecified atom stereocenters. The van der Waals surface area contributed by atoms with Crippen molar-refractivity contribution in [2.24, 2.45) is 0 Å². The minimum Gasteiger partial charge on any atom is -0.342 e. The summed E-state index contributed by atoms with van der Waals surface area (Å²) in [5.74, 6) is -0.357. The number of pyridine rings is 1. The quantitative estimate of drug-likeness (QED) is 0.221. The van der Waals surface area contributed by atoms with Crippen LogP contribution >= 0.6 is 0 Å². The van der Waals surface area contributed by atoms with Gasteiger partial charge in [0.05, 0.1) is 32.8 Å². The van der Waals surface area contributed by atoms with E-state index in [1.54, 1.807) is 6.07 Å². The van der Waals surface area contributed by atoms with Crippen LogP contribution in [0.1, 0.15) is 65.6 Å². The highest BCUT2D eigenvalue weighted by Crippen LogP contribution is 2.46. The molecule has 0 atom stereocenters. The minimum absolute atomic E-state index is 0.0645. The Balaban J connectivity index is 1.36. The first kappa shape index (κ1) is 32.7. The Morgan fingerprint density at radius 2 is 1.60 bits per heavy atom. The third-order valence-corrected chi connectivity index (χ3v) is 11.3. The summed E-state index contributed by atoms with van der Waals surface area (Å²) >= 11 is 0. The number of carbonyl (C=O) groups excluding carboxylic acids is 1. The van der Waals surface area contributed by atoms with Gasteiger partial charge in [0, 0.05) is 35.4 Å². The monoisotopic (exact) mass is 676 g/mol. The van der Waals surface area contributed by atoms with E-state index in [9.17, 15) is 26.4 Å². The smallest absolute Gasteiger partial charge is 0.342 e. The Labute approximate surface area is 279 Å². The molecule has 11 heteroatoms. The summed E-state index contributed by atoms with van der Waals surface area (Å²) in [6.07, 6.45) is 2.53. The van der Waals surface area contributed by atoms with Gasteiger partial charge in [-0.05, 0) is 101 Å². The Morgan fingerprint density at radius 1 is 0.938 bits per heavy atom. The molecule has 3 heterocycles. The van der Waals surface area contributed by atoms with Crippen LogP contribution in [0.4, 0.5) is 13.2 Å². The van der Waals surface area contributed by atoms with Crippen LogP contribution in [0, 0.1) is 0 Å². The number of alkyl halides is 3. The molecule has 1 N–H and O–H groups in total. The number of nitrogens with one attached hydrogen (secondary N) is 1. The van der Waals surface area contributed by atoms with E-state index in [1.165, 1.54) is 37.1 Å². The number of hydrogen-bond acceptors (Lipinski definition) is 6. The molecule has 7 rings (SSSR count). The van der Waals surface area contributed by atoms with Crippen LogP contribution in [0.2, 0.25) is 0 Å². The number of amides is 1. The van der Waals surface area contributed by atoms with Gasteiger partial charge >= 0.3 is 6.18 Å². The molecule has 1 saturated carbocycles. The number of fused-ring (bicyclic) bond motifs is 1. The molecule has 7 nitrogen and oxygen atoms in total. The SMILES string of the molecule is CS(=O)(=O)c1ccc2nc(-c3ccc(C(F)(F)F)cc3)c(CN3CCC(N4CCCC4)CC3)c(C(=O)NC3(c4ccccc4)CC3)c2c1. The molecule has 0 bridgehead atoms. The first-order valence-corrected chi connectivity index (χ1v) is 18.5. The summed E-state index contributed by atoms with van der Waals surface area (Å²) in [4.78, 5) is 24.5. The van der Waals surface area contributed by atoms with Crippen LogP contribution in [-0.2, 0) is 28.1 Å². The first-order chi connectivity index (χ1) is 22.9. The lowest BCUT2D eigenvalue weighted by molar-refractivity contribution is -0.137. The predicted octanol–water partition coefficient (Wildman–Crippen LogP) is 6.80. The van der Waals surface area contributed by atoms with E-state index in [-0.39, 0.29) is 10.8 Å². The highest BCUT2D eigenvalue weighted by atomic mass is 32.2. The molecule has 3 aliphatic rings. The normalized spacial score (nSPS) is 19.1. The summed E-state index contributed by atoms with van der Waals surface area (Å²) in [6.45, 7) is 4.17. The van der Waals surface area contributed by atoms with Gasteiger partial charge in [-0.15, -0.1) is 0 Å². The third kappa shape index (κ3) is 6.60. The molecule has 252 valence electrons. The molecule has 3 fully saturated rings. The number of piperidine rings is 1. The van der Waals surface area contributed by atoms with Crippen LogP contribution in [0.25, 0.3) is 22.2 Å². The Morgan fingerprint density at radius 3 is 2.21 bits per heavy atom. The highest BCUT2D eigenvalue weighted by Gasteiger charge is 2.46. The molecule has 2 saturated heterocycles. The van der Waals surface area contributed by atoms with Crippen molar-refractivity contribution in [2.45, 2.75) is 67.7 Å². The van der Waals surface area contributed by atoms with E-state index in [0.29, 0.717) is 45.9 Å². The number of nitrogens with zero attached hydrogens (tertiary/aromatic N) is 3. The predicted molar refractivity (Wildman–Crippen MR) is 179 cm³/mol. The summed E-state index contributed by atoms with van der Waals surface area (Å²) in [7, 11) is -3.62. The van der Waals surface area contributed by atoms with E-state index in [4.69, 9.17) is 4.98 Å². The van der Waals surface area contributed by atoms with Gasteiger partial charge in [0.25, 0.3) is 5.91 Å². The van der Waals surface area contributed by atoms with Gasteiger partial charge in [-0.3, -0.25) is 9.69 Å². The highest BCUT2D eigenvalue weighted by molar-refractivity contribution is 7.90. The molecular weight excluding hydrogens is 637 g/mol. The fourth-order valence-corrected chi connectivity index (χ4v) is 8.05. The van der Waals surface area contributed by atoms with Crippen molar-refractivity contribution in [1.29, 1.82) is 0 Å². The number of aromatic nitrogens is 1. The maximum Gasteiger partial charge on any atom is 0.416 e. The molecule has 1 amide bonds. The van der Waals surface area contributed by atoms with Gasteiger partial charge in [-0.1, -0.05) is 42.5 Å². The van der Waals surface area contributed by atoms with Crippen LogP contribution < -0.4 is 5.32 Å². The number of hydrogen-bond donors (Lipinski definition) is 1. The van der Waals surface area contributed by atoms with Gasteiger partial charge < -0.3 is 10.2 Å². The zero-order chi connectivity index (χ0) is 33.7. The zero-order valence-electron chi connectivity index (χ0n) is 26.9. The molecule has 4 aromatic rings. The second-order valence-electron chi connectivity index (χ2n) is 13.5. The van der Waals surface area contributed by atoms with E-state index < -0.39 is 27.1 Å². The Hall–Kier alpha value is -3.80. The number of sulfone groups is 1. The van der Waals surface area contributed by atoms with Crippen molar-refractivity contribution in [3.63, 3.8) is 0 Å². The Bertz CT molecular complexity index is 1930. The van der Waals surface area contributed by atoms with Crippen molar-refractivity contribution >= 4 is 26.6 Å². The third-order valence-electron chi connectivity index (χ3n) is 10.2. The summed E-state index contributed by atoms with van der Waals surface area (Å²) in [6, 6.07) is 19.7. The molecule has 1 aromatic heterocycles. The second kappa shape index (κ2) is 12.6. The lowest BCUT2D eigenvalue weighted by Crippen LogP contribution is -2.43. The molecule has 0 radical (unpaired) electrons. The van der Waals surface area contributed by atoms with E-state index in [1.807, 2.05) is 30.3 Å². The van der Waals surface area contributed by atoms with E-state index in [0.717, 1.165) is 75.8 Å². The number of halogens is 3. The van der Waals surface area contributed by atoms with Gasteiger partial charge in [0.2, 0.25) is 0 Å². The van der Waals surface area contributed by atoms with Gasteiger partial charge in [0.1, 0.15) is 0 Å². The number of rotatable bonds is 8. The van der Waals surface area contributed by atoms with E-state index in [2.05, 4.69) is 15.1 Å². The van der Waals surface area contributed by atoms with Crippen molar-refractivity contribution in [3.8, 4) is 11.3 Å². The fraction of sp³-hybridized carbons (Fsp3) is 0.405. The van der Waals surface area contributed by atoms with Crippen molar-refractivity contribution in [1.82, 2.24) is 20.1 Å². The fourth-order valence-electron chi connectivity index (χ4n) is 7.40. The molecule has 2 aliphatic heterocycles. The first-order valence-electron chi connectivity index (χ1n) is 16.6. The zero-order valence-corrected chi connectivity index (χ0v) is 27.7. The maximum absolute atomic E-state index is 14.6. The summed E-state index contributed by atoms with van der Waals surface area (Å²) < 4.78 is 66.0. The van der Waals surface area contributed by atoms with Gasteiger partial charge in [-0.25, -0.2) is 13.4 Å². The minimum atomic E-state index is -4.50. The molecule has 0 spiro atoms. The lowest BCUT2D eigenvalue weighted by atomic mass is 9.93. The van der Waals surface area contributed by atoms with Crippen LogP contribution in [0.5, 0.6) is 0 Å². The lowest BCUT2D eigenvalue weighted by Gasteiger charge is -2.37. The van der Waals surface area contributed by atoms with Crippen LogP contribution in [0.3, 0.4) is 0 Å². The largest absolute Gasteiger partial charge is 0.416 e. The summed E-state index contributed by atoms with van der Waals surface area (Å²) in [5, 5.41) is 3.69. The molecule has 3 aromatic carbocycles. The maximum atomic E-state index is 14.6. The number of carbonyl (C=O) groups is 1. The average Bonchev–Trinajstić information content (AvgIpc) is 3.64. The molecule has 1 aliphatic carbocycles. The number of benzene rings is 3. The van der Waals surface area contributed by atoms with Crippen LogP contribution in [0.15, 0.2) is 77.7 Å². The van der Waals surface area contributed by atoms with Crippen molar-refractivity contribution in [2.75, 3.05) is 32.4 Å². The topological polar surface area (TPSA) is 82.6 Å². The Kier molecular flexibility index (Phi) is 8.58. The second-order valence-corrected chi connectivity index (χ2v) is 15.5. The molecule has 48 heavy (non-hydrogen) atoms. The van der Waals surface area contributed by atoms with Gasteiger partial charge in [0.15, 0.2) is 9.84 Å². The summed E-state index contributed by atoms with van der Waals surface area (Å²) in [5.41, 5.74) is 1.81. The van der Waals surface area contributed by atoms with E-state index >= 15 is 0 Å². The van der Waals surface area contributed by atoms with Crippen molar-refractivity contribution in [3.05, 3.63) is 95.1 Å². The number of likely N-dealkylation sites (tertiary alicyclic amines) is 2. The van der Waals surface area contributed by atoms with Crippen molar-refractivity contribution < 1.29 is 26.4 Å².